The summed E-state index contributed by atoms with van der Waals surface area (Å²) in [5.74, 6) is 0. The van der Waals surface area contributed by atoms with Gasteiger partial charge in [-0.2, -0.15) is 0 Å². The number of hydrogen-bond acceptors (Lipinski definition) is 3. The fraction of sp³-hybridized carbons (Fsp3) is 1.00. The molecule has 1 atom stereocenters. The lowest BCUT2D eigenvalue weighted by Crippen LogP contribution is -2.36. The van der Waals surface area contributed by atoms with Crippen molar-refractivity contribution in [2.24, 2.45) is 0 Å². The predicted octanol–water partition coefficient (Wildman–Crippen LogP) is 0.136. The minimum atomic E-state index is -0.285. The Morgan fingerprint density at radius 1 is 1.38 bits per heavy atom. The van der Waals surface area contributed by atoms with Crippen molar-refractivity contribution in [3.63, 3.8) is 0 Å². The topological polar surface area (TPSA) is 52.6 Å². The quantitative estimate of drug-likeness (QED) is 0.592. The summed E-state index contributed by atoms with van der Waals surface area (Å²) in [6.07, 6.45) is -0.285. The maximum atomic E-state index is 10.7. The highest BCUT2D eigenvalue weighted by Gasteiger charge is 2.11. The number of aliphatic hydroxyl groups excluding tert-OH is 1. The normalized spacial score (nSPS) is 13.6. The zero-order chi connectivity index (χ0) is 10.1. The van der Waals surface area contributed by atoms with E-state index in [0.717, 1.165) is 13.1 Å². The first-order chi connectivity index (χ1) is 6.28. The van der Waals surface area contributed by atoms with Crippen LogP contribution in [0.1, 0.15) is 13.8 Å². The van der Waals surface area contributed by atoms with Gasteiger partial charge in [-0.05, 0) is 13.1 Å². The van der Waals surface area contributed by atoms with Gasteiger partial charge in [0.25, 0.3) is 0 Å². The fourth-order valence-corrected chi connectivity index (χ4v) is 1.14. The van der Waals surface area contributed by atoms with Gasteiger partial charge in [-0.3, -0.25) is 0 Å². The van der Waals surface area contributed by atoms with Crippen LogP contribution in [0.3, 0.4) is 0 Å². The zero-order valence-corrected chi connectivity index (χ0v) is 8.53. The van der Waals surface area contributed by atoms with Crippen LogP contribution in [0.15, 0.2) is 0 Å². The largest absolute Gasteiger partial charge is 0.394 e. The first kappa shape index (κ1) is 12.8. The van der Waals surface area contributed by atoms with E-state index in [1.807, 2.05) is 0 Å². The van der Waals surface area contributed by atoms with Crippen molar-refractivity contribution in [2.75, 3.05) is 39.5 Å². The number of rotatable bonds is 8. The Hall–Kier alpha value is -0.160. The molecule has 0 aromatic heterocycles. The minimum Gasteiger partial charge on any atom is -0.394 e. The molecule has 0 fully saturated rings. The molecule has 0 rings (SSSR count). The van der Waals surface area contributed by atoms with Crippen molar-refractivity contribution in [3.05, 3.63) is 0 Å². The van der Waals surface area contributed by atoms with Gasteiger partial charge in [-0.15, -0.1) is 0 Å². The molecule has 1 radical (unpaired) electrons. The van der Waals surface area contributed by atoms with Gasteiger partial charge in [-0.25, -0.2) is 5.11 Å². The predicted molar refractivity (Wildman–Crippen MR) is 50.2 cm³/mol. The Morgan fingerprint density at radius 3 is 2.38 bits per heavy atom. The van der Waals surface area contributed by atoms with E-state index in [1.165, 1.54) is 0 Å². The smallest absolute Gasteiger partial charge is 0.110 e. The fourth-order valence-electron chi connectivity index (χ4n) is 1.14. The molecule has 4 nitrogen and oxygen atoms in total. The van der Waals surface area contributed by atoms with E-state index in [2.05, 4.69) is 18.7 Å². The van der Waals surface area contributed by atoms with Crippen molar-refractivity contribution in [2.45, 2.75) is 20.0 Å². The van der Waals surface area contributed by atoms with Crippen molar-refractivity contribution >= 4 is 0 Å². The van der Waals surface area contributed by atoms with E-state index in [0.29, 0.717) is 6.54 Å². The van der Waals surface area contributed by atoms with Crippen LogP contribution in [-0.2, 0) is 9.84 Å². The van der Waals surface area contributed by atoms with E-state index in [1.54, 1.807) is 0 Å². The summed E-state index contributed by atoms with van der Waals surface area (Å²) in [6, 6.07) is 0. The van der Waals surface area contributed by atoms with Gasteiger partial charge in [-0.1, -0.05) is 13.8 Å². The van der Waals surface area contributed by atoms with Crippen molar-refractivity contribution in [1.82, 2.24) is 4.90 Å². The average molecular weight is 190 g/mol. The Labute approximate surface area is 80.1 Å². The summed E-state index contributed by atoms with van der Waals surface area (Å²) in [5, 5.41) is 19.2. The second-order valence-electron chi connectivity index (χ2n) is 2.87. The lowest BCUT2D eigenvalue weighted by Gasteiger charge is -2.23. The first-order valence-corrected chi connectivity index (χ1v) is 4.81. The molecule has 0 aromatic rings. The van der Waals surface area contributed by atoms with E-state index in [-0.39, 0.29) is 25.9 Å². The summed E-state index contributed by atoms with van der Waals surface area (Å²) < 4.78 is 5.17. The third-order valence-corrected chi connectivity index (χ3v) is 1.99. The van der Waals surface area contributed by atoms with Crippen molar-refractivity contribution in [1.29, 1.82) is 0 Å². The number of nitrogens with zero attached hydrogens (tertiary/aromatic N) is 1. The highest BCUT2D eigenvalue weighted by Crippen LogP contribution is 1.96. The number of aliphatic hydroxyl groups is 1. The zero-order valence-electron chi connectivity index (χ0n) is 8.53. The summed E-state index contributed by atoms with van der Waals surface area (Å²) in [4.78, 5) is 2.14. The summed E-state index contributed by atoms with van der Waals surface area (Å²) >= 11 is 0. The van der Waals surface area contributed by atoms with Crippen LogP contribution in [0.2, 0.25) is 0 Å². The standard InChI is InChI=1S/C9H20NO3/c1-3-10(4-2)7-9(8-12)13-6-5-11/h9,11H,3-8H2,1-2H3. The van der Waals surface area contributed by atoms with E-state index < -0.39 is 0 Å². The van der Waals surface area contributed by atoms with Gasteiger partial charge in [0.1, 0.15) is 6.61 Å². The Morgan fingerprint density at radius 2 is 2.00 bits per heavy atom. The van der Waals surface area contributed by atoms with Crippen LogP contribution in [0.25, 0.3) is 0 Å². The van der Waals surface area contributed by atoms with Gasteiger partial charge in [0.2, 0.25) is 0 Å². The summed E-state index contributed by atoms with van der Waals surface area (Å²) in [6.45, 7) is 6.62. The number of ether oxygens (including phenoxy) is 1. The first-order valence-electron chi connectivity index (χ1n) is 4.81. The molecule has 0 aliphatic carbocycles. The molecule has 4 heteroatoms. The van der Waals surface area contributed by atoms with Crippen molar-refractivity contribution in [3.8, 4) is 0 Å². The highest BCUT2D eigenvalue weighted by atomic mass is 16.5. The maximum absolute atomic E-state index is 10.7. The molecule has 79 valence electrons. The molecule has 13 heavy (non-hydrogen) atoms. The van der Waals surface area contributed by atoms with E-state index in [4.69, 9.17) is 9.84 Å². The monoisotopic (exact) mass is 190 g/mol. The molecule has 0 saturated heterocycles. The van der Waals surface area contributed by atoms with Crippen LogP contribution >= 0.6 is 0 Å². The maximum Gasteiger partial charge on any atom is 0.110 e. The molecule has 0 heterocycles. The third kappa shape index (κ3) is 5.99. The van der Waals surface area contributed by atoms with Crippen LogP contribution in [0.4, 0.5) is 0 Å². The van der Waals surface area contributed by atoms with E-state index >= 15 is 0 Å². The lowest BCUT2D eigenvalue weighted by molar-refractivity contribution is -0.0360. The Balaban J connectivity index is 3.67. The van der Waals surface area contributed by atoms with Gasteiger partial charge in [0.15, 0.2) is 0 Å². The summed E-state index contributed by atoms with van der Waals surface area (Å²) in [5.41, 5.74) is 0. The van der Waals surface area contributed by atoms with Crippen LogP contribution in [0.5, 0.6) is 0 Å². The Kier molecular flexibility index (Phi) is 8.33. The third-order valence-electron chi connectivity index (χ3n) is 1.99. The molecule has 0 spiro atoms. The van der Waals surface area contributed by atoms with Gasteiger partial charge in [0, 0.05) is 6.54 Å². The molecule has 1 unspecified atom stereocenters. The molecular weight excluding hydrogens is 170 g/mol. The van der Waals surface area contributed by atoms with Gasteiger partial charge >= 0.3 is 0 Å². The summed E-state index contributed by atoms with van der Waals surface area (Å²) in [7, 11) is 0. The average Bonchev–Trinajstić information content (AvgIpc) is 2.19. The van der Waals surface area contributed by atoms with Gasteiger partial charge < -0.3 is 14.7 Å². The van der Waals surface area contributed by atoms with Crippen LogP contribution in [-0.4, -0.2) is 55.6 Å². The lowest BCUT2D eigenvalue weighted by atomic mass is 10.3. The molecule has 1 N–H and O–H groups in total. The van der Waals surface area contributed by atoms with E-state index in [9.17, 15) is 5.11 Å². The van der Waals surface area contributed by atoms with Gasteiger partial charge in [0.05, 0.1) is 19.3 Å². The number of likely N-dealkylation sites (N-methyl/N-ethyl adjacent to an activating group) is 1. The molecule has 0 aliphatic rings. The molecule has 0 bridgehead atoms. The van der Waals surface area contributed by atoms with Crippen LogP contribution < -0.4 is 0 Å². The SMILES string of the molecule is CCN(CC)CC(C[O])OCCO. The van der Waals surface area contributed by atoms with Crippen LogP contribution in [0, 0.1) is 0 Å². The second kappa shape index (κ2) is 8.44. The minimum absolute atomic E-state index is 0.0191. The molecule has 0 saturated carbocycles. The highest BCUT2D eigenvalue weighted by molar-refractivity contribution is 4.62. The number of hydrogen-bond donors (Lipinski definition) is 1. The van der Waals surface area contributed by atoms with Crippen molar-refractivity contribution < 1.29 is 14.9 Å². The molecule has 0 amide bonds. The Bertz CT molecular complexity index is 107. The second-order valence-corrected chi connectivity index (χ2v) is 2.87. The molecular formula is C9H20NO3. The molecule has 0 aliphatic heterocycles. The molecule has 0 aromatic carbocycles.